The molecule has 5 nitrogen and oxygen atoms in total. The molecule has 1 rings (SSSR count). The molecule has 0 fully saturated rings. The summed E-state index contributed by atoms with van der Waals surface area (Å²) in [5.41, 5.74) is 9.03. The molecule has 0 heterocycles. The van der Waals surface area contributed by atoms with E-state index < -0.39 is 0 Å². The first-order valence-corrected chi connectivity index (χ1v) is 4.57. The summed E-state index contributed by atoms with van der Waals surface area (Å²) in [7, 11) is 0. The van der Waals surface area contributed by atoms with E-state index in [0.29, 0.717) is 12.3 Å². The summed E-state index contributed by atoms with van der Waals surface area (Å²) in [5.74, 6) is 0. The molecule has 0 aliphatic carbocycles. The molecule has 0 saturated heterocycles. The van der Waals surface area contributed by atoms with Crippen LogP contribution < -0.4 is 16.5 Å². The van der Waals surface area contributed by atoms with Gasteiger partial charge in [0, 0.05) is 17.9 Å². The molecule has 0 atom stereocenters. The van der Waals surface area contributed by atoms with Gasteiger partial charge in [-0.1, -0.05) is 18.2 Å². The first-order valence-electron chi connectivity index (χ1n) is 4.57. The summed E-state index contributed by atoms with van der Waals surface area (Å²) in [6.07, 6.45) is 0. The maximum atomic E-state index is 11.3. The summed E-state index contributed by atoms with van der Waals surface area (Å²) in [6, 6.07) is 8.75. The van der Waals surface area contributed by atoms with Gasteiger partial charge in [0.2, 0.25) is 0 Å². The van der Waals surface area contributed by atoms with E-state index in [1.807, 2.05) is 18.2 Å². The third-order valence-electron chi connectivity index (χ3n) is 1.68. The molecule has 0 aromatic heterocycles. The van der Waals surface area contributed by atoms with Crippen molar-refractivity contribution in [1.82, 2.24) is 5.43 Å². The van der Waals surface area contributed by atoms with Gasteiger partial charge in [0.15, 0.2) is 0 Å². The van der Waals surface area contributed by atoms with Gasteiger partial charge in [-0.25, -0.2) is 10.2 Å². The van der Waals surface area contributed by atoms with Gasteiger partial charge in [0.1, 0.15) is 0 Å². The number of urea groups is 1. The SMILES string of the molecule is CC(CN)=NNC(=O)Nc1ccccc1. The van der Waals surface area contributed by atoms with E-state index in [1.165, 1.54) is 0 Å². The van der Waals surface area contributed by atoms with E-state index in [9.17, 15) is 4.79 Å². The van der Waals surface area contributed by atoms with Crippen LogP contribution in [0, 0.1) is 0 Å². The van der Waals surface area contributed by atoms with Crippen LogP contribution in [0.1, 0.15) is 6.92 Å². The number of hydrogen-bond donors (Lipinski definition) is 3. The topological polar surface area (TPSA) is 79.5 Å². The van der Waals surface area contributed by atoms with Crippen LogP contribution in [0.15, 0.2) is 35.4 Å². The number of benzene rings is 1. The predicted octanol–water partition coefficient (Wildman–Crippen LogP) is 1.14. The Morgan fingerprint density at radius 1 is 1.40 bits per heavy atom. The Morgan fingerprint density at radius 3 is 2.67 bits per heavy atom. The van der Waals surface area contributed by atoms with E-state index in [-0.39, 0.29) is 6.03 Å². The highest BCUT2D eigenvalue weighted by Gasteiger charge is 1.98. The van der Waals surface area contributed by atoms with E-state index in [4.69, 9.17) is 5.73 Å². The Bertz CT molecular complexity index is 348. The Balaban J connectivity index is 2.44. The van der Waals surface area contributed by atoms with Gasteiger partial charge in [-0.05, 0) is 19.1 Å². The maximum absolute atomic E-state index is 11.3. The molecule has 0 aliphatic heterocycles. The molecular weight excluding hydrogens is 192 g/mol. The van der Waals surface area contributed by atoms with Crippen LogP contribution in [0.3, 0.4) is 0 Å². The van der Waals surface area contributed by atoms with Crippen molar-refractivity contribution >= 4 is 17.4 Å². The molecule has 0 bridgehead atoms. The van der Waals surface area contributed by atoms with Gasteiger partial charge in [0.05, 0.1) is 0 Å². The van der Waals surface area contributed by atoms with Crippen molar-refractivity contribution in [2.24, 2.45) is 10.8 Å². The quantitative estimate of drug-likeness (QED) is 0.512. The lowest BCUT2D eigenvalue weighted by atomic mass is 10.3. The number of hydrogen-bond acceptors (Lipinski definition) is 3. The number of rotatable bonds is 3. The summed E-state index contributed by atoms with van der Waals surface area (Å²) in [5, 5.41) is 6.39. The Hall–Kier alpha value is -1.88. The highest BCUT2D eigenvalue weighted by molar-refractivity contribution is 5.91. The van der Waals surface area contributed by atoms with Gasteiger partial charge in [0.25, 0.3) is 0 Å². The number of carbonyl (C=O) groups is 1. The molecule has 0 unspecified atom stereocenters. The number of para-hydroxylation sites is 1. The lowest BCUT2D eigenvalue weighted by Crippen LogP contribution is -2.26. The second kappa shape index (κ2) is 5.77. The zero-order chi connectivity index (χ0) is 11.1. The molecule has 1 aromatic rings. The van der Waals surface area contributed by atoms with Crippen molar-refractivity contribution in [3.05, 3.63) is 30.3 Å². The van der Waals surface area contributed by atoms with Gasteiger partial charge < -0.3 is 11.1 Å². The zero-order valence-electron chi connectivity index (χ0n) is 8.53. The Morgan fingerprint density at radius 2 is 2.07 bits per heavy atom. The fourth-order valence-electron chi connectivity index (χ4n) is 0.872. The van der Waals surface area contributed by atoms with E-state index >= 15 is 0 Å². The molecule has 1 aromatic carbocycles. The number of anilines is 1. The van der Waals surface area contributed by atoms with Crippen LogP contribution in [0.25, 0.3) is 0 Å². The molecule has 0 saturated carbocycles. The predicted molar refractivity (Wildman–Crippen MR) is 60.8 cm³/mol. The summed E-state index contributed by atoms with van der Waals surface area (Å²) in [4.78, 5) is 11.3. The molecule has 0 radical (unpaired) electrons. The Labute approximate surface area is 88.4 Å². The number of hydrazone groups is 1. The van der Waals surface area contributed by atoms with Crippen molar-refractivity contribution in [3.8, 4) is 0 Å². The number of carbonyl (C=O) groups excluding carboxylic acids is 1. The minimum Gasteiger partial charge on any atom is -0.325 e. The number of amides is 2. The third-order valence-corrected chi connectivity index (χ3v) is 1.68. The van der Waals surface area contributed by atoms with Crippen LogP contribution in [-0.4, -0.2) is 18.3 Å². The van der Waals surface area contributed by atoms with Crippen LogP contribution in [0.2, 0.25) is 0 Å². The summed E-state index contributed by atoms with van der Waals surface area (Å²) < 4.78 is 0. The monoisotopic (exact) mass is 206 g/mol. The highest BCUT2D eigenvalue weighted by atomic mass is 16.2. The average Bonchev–Trinajstić information content (AvgIpc) is 2.27. The third kappa shape index (κ3) is 4.24. The molecule has 4 N–H and O–H groups in total. The van der Waals surface area contributed by atoms with Gasteiger partial charge >= 0.3 is 6.03 Å². The molecular formula is C10H14N4O. The van der Waals surface area contributed by atoms with Crippen molar-refractivity contribution in [1.29, 1.82) is 0 Å². The number of nitrogens with zero attached hydrogens (tertiary/aromatic N) is 1. The minimum atomic E-state index is -0.381. The molecule has 5 heteroatoms. The molecule has 80 valence electrons. The van der Waals surface area contributed by atoms with Crippen molar-refractivity contribution < 1.29 is 4.79 Å². The van der Waals surface area contributed by atoms with Crippen molar-refractivity contribution in [3.63, 3.8) is 0 Å². The van der Waals surface area contributed by atoms with Crippen LogP contribution >= 0.6 is 0 Å². The van der Waals surface area contributed by atoms with E-state index in [2.05, 4.69) is 15.8 Å². The van der Waals surface area contributed by atoms with Crippen LogP contribution in [-0.2, 0) is 0 Å². The van der Waals surface area contributed by atoms with Crippen molar-refractivity contribution in [2.45, 2.75) is 6.92 Å². The lowest BCUT2D eigenvalue weighted by Gasteiger charge is -2.03. The average molecular weight is 206 g/mol. The fourth-order valence-corrected chi connectivity index (χ4v) is 0.872. The first kappa shape index (κ1) is 11.2. The highest BCUT2D eigenvalue weighted by Crippen LogP contribution is 2.03. The van der Waals surface area contributed by atoms with Gasteiger partial charge in [-0.15, -0.1) is 0 Å². The minimum absolute atomic E-state index is 0.325. The molecule has 2 amide bonds. The van der Waals surface area contributed by atoms with E-state index in [1.54, 1.807) is 19.1 Å². The largest absolute Gasteiger partial charge is 0.339 e. The zero-order valence-corrected chi connectivity index (χ0v) is 8.53. The maximum Gasteiger partial charge on any atom is 0.339 e. The molecule has 0 aliphatic rings. The normalized spacial score (nSPS) is 10.9. The molecule has 15 heavy (non-hydrogen) atoms. The second-order valence-corrected chi connectivity index (χ2v) is 2.98. The smallest absolute Gasteiger partial charge is 0.325 e. The van der Waals surface area contributed by atoms with Crippen LogP contribution in [0.5, 0.6) is 0 Å². The second-order valence-electron chi connectivity index (χ2n) is 2.98. The first-order chi connectivity index (χ1) is 7.22. The van der Waals surface area contributed by atoms with E-state index in [0.717, 1.165) is 5.69 Å². The fraction of sp³-hybridized carbons (Fsp3) is 0.200. The summed E-state index contributed by atoms with van der Waals surface area (Å²) >= 11 is 0. The lowest BCUT2D eigenvalue weighted by molar-refractivity contribution is 0.252. The van der Waals surface area contributed by atoms with Crippen molar-refractivity contribution in [2.75, 3.05) is 11.9 Å². The van der Waals surface area contributed by atoms with Gasteiger partial charge in [-0.2, -0.15) is 5.10 Å². The summed E-state index contributed by atoms with van der Waals surface area (Å²) in [6.45, 7) is 2.06. The van der Waals surface area contributed by atoms with Gasteiger partial charge in [-0.3, -0.25) is 0 Å². The standard InChI is InChI=1S/C10H14N4O/c1-8(7-11)13-14-10(15)12-9-5-3-2-4-6-9/h2-6H,7,11H2,1H3,(H2,12,14,15). The Kier molecular flexibility index (Phi) is 4.30. The van der Waals surface area contributed by atoms with Crippen LogP contribution in [0.4, 0.5) is 10.5 Å². The molecule has 0 spiro atoms. The number of nitrogens with two attached hydrogens (primary N) is 1. The number of nitrogens with one attached hydrogen (secondary N) is 2.